The van der Waals surface area contributed by atoms with Gasteiger partial charge in [-0.05, 0) is 37.9 Å². The van der Waals surface area contributed by atoms with E-state index in [1.165, 1.54) is 12.8 Å². The highest BCUT2D eigenvalue weighted by atomic mass is 35.5. The molecule has 1 aliphatic heterocycles. The molecule has 0 amide bonds. The molecule has 1 fully saturated rings. The van der Waals surface area contributed by atoms with Crippen molar-refractivity contribution < 1.29 is 4.52 Å². The zero-order valence-corrected chi connectivity index (χ0v) is 13.9. The molecule has 0 atom stereocenters. The molecule has 2 aromatic heterocycles. The minimum Gasteiger partial charge on any atom is -0.338 e. The molecule has 0 radical (unpaired) electrons. The zero-order valence-electron chi connectivity index (χ0n) is 12.3. The van der Waals surface area contributed by atoms with E-state index in [1.807, 2.05) is 23.1 Å². The van der Waals surface area contributed by atoms with Crippen molar-refractivity contribution in [3.05, 3.63) is 30.2 Å². The minimum atomic E-state index is 0. The number of likely N-dealkylation sites (tertiary alicyclic amines) is 1. The van der Waals surface area contributed by atoms with E-state index in [2.05, 4.69) is 20.1 Å². The number of piperidine rings is 1. The van der Waals surface area contributed by atoms with Gasteiger partial charge in [-0.25, -0.2) is 0 Å². The Balaban J connectivity index is 0.00000121. The van der Waals surface area contributed by atoms with Crippen LogP contribution in [0.3, 0.4) is 0 Å². The molecule has 3 heterocycles. The first-order valence-electron chi connectivity index (χ1n) is 7.05. The smallest absolute Gasteiger partial charge is 0.240 e. The van der Waals surface area contributed by atoms with E-state index in [0.717, 1.165) is 32.0 Å². The Labute approximate surface area is 142 Å². The summed E-state index contributed by atoms with van der Waals surface area (Å²) in [5.41, 5.74) is 5.46. The van der Waals surface area contributed by atoms with Crippen molar-refractivity contribution in [1.82, 2.24) is 24.8 Å². The molecule has 0 unspecified atom stereocenters. The van der Waals surface area contributed by atoms with Gasteiger partial charge in [0.25, 0.3) is 0 Å². The van der Waals surface area contributed by atoms with Gasteiger partial charge >= 0.3 is 0 Å². The average Bonchev–Trinajstić information content (AvgIpc) is 3.12. The van der Waals surface area contributed by atoms with Crippen molar-refractivity contribution in [2.75, 3.05) is 13.1 Å². The summed E-state index contributed by atoms with van der Waals surface area (Å²) in [4.78, 5) is 6.61. The van der Waals surface area contributed by atoms with E-state index in [0.29, 0.717) is 18.4 Å². The van der Waals surface area contributed by atoms with Crippen LogP contribution >= 0.6 is 24.8 Å². The average molecular weight is 349 g/mol. The molecule has 3 rings (SSSR count). The summed E-state index contributed by atoms with van der Waals surface area (Å²) in [6.45, 7) is 4.20. The molecular weight excluding hydrogens is 327 g/mol. The maximum absolute atomic E-state index is 5.46. The van der Waals surface area contributed by atoms with Crippen molar-refractivity contribution >= 4 is 24.8 Å². The van der Waals surface area contributed by atoms with E-state index in [-0.39, 0.29) is 24.8 Å². The summed E-state index contributed by atoms with van der Waals surface area (Å²) < 4.78 is 7.04. The molecule has 0 spiro atoms. The molecule has 9 heteroatoms. The monoisotopic (exact) mass is 348 g/mol. The van der Waals surface area contributed by atoms with Crippen LogP contribution in [0.5, 0.6) is 0 Å². The Bertz CT molecular complexity index is 524. The fourth-order valence-corrected chi connectivity index (χ4v) is 2.64. The van der Waals surface area contributed by atoms with E-state index >= 15 is 0 Å². The molecule has 22 heavy (non-hydrogen) atoms. The number of aromatic nitrogens is 4. The molecule has 1 aliphatic rings. The van der Waals surface area contributed by atoms with Crippen LogP contribution in [0.2, 0.25) is 0 Å². The van der Waals surface area contributed by atoms with Gasteiger partial charge in [0.05, 0.1) is 13.1 Å². The van der Waals surface area contributed by atoms with Crippen molar-refractivity contribution in [2.45, 2.75) is 32.5 Å². The number of nitrogens with two attached hydrogens (primary N) is 1. The lowest BCUT2D eigenvalue weighted by molar-refractivity contribution is 0.160. The van der Waals surface area contributed by atoms with Gasteiger partial charge < -0.3 is 10.3 Å². The number of rotatable bonds is 5. The van der Waals surface area contributed by atoms with E-state index in [1.54, 1.807) is 0 Å². The Morgan fingerprint density at radius 3 is 2.64 bits per heavy atom. The summed E-state index contributed by atoms with van der Waals surface area (Å²) >= 11 is 0. The highest BCUT2D eigenvalue weighted by molar-refractivity contribution is 5.85. The lowest BCUT2D eigenvalue weighted by atomic mass is 9.97. The van der Waals surface area contributed by atoms with Crippen LogP contribution in [0.1, 0.15) is 24.6 Å². The molecule has 2 aromatic rings. The third-order valence-electron chi connectivity index (χ3n) is 3.76. The van der Waals surface area contributed by atoms with E-state index < -0.39 is 0 Å². The Kier molecular flexibility index (Phi) is 7.81. The summed E-state index contributed by atoms with van der Waals surface area (Å²) in [7, 11) is 0. The first kappa shape index (κ1) is 18.9. The van der Waals surface area contributed by atoms with Crippen LogP contribution in [-0.2, 0) is 19.6 Å². The molecule has 0 saturated carbocycles. The maximum Gasteiger partial charge on any atom is 0.240 e. The van der Waals surface area contributed by atoms with Crippen molar-refractivity contribution in [2.24, 2.45) is 11.7 Å². The molecule has 7 nitrogen and oxygen atoms in total. The van der Waals surface area contributed by atoms with Crippen LogP contribution in [0.25, 0.3) is 0 Å². The summed E-state index contributed by atoms with van der Waals surface area (Å²) in [5, 5.41) is 8.21. The van der Waals surface area contributed by atoms with Gasteiger partial charge in [-0.1, -0.05) is 5.16 Å². The Morgan fingerprint density at radius 2 is 2.05 bits per heavy atom. The topological polar surface area (TPSA) is 86.0 Å². The SMILES string of the molecule is Cl.Cl.NCc1nc(CN2CCC(Cn3cccn3)CC2)no1. The molecular formula is C13H22Cl2N6O. The lowest BCUT2D eigenvalue weighted by Crippen LogP contribution is -2.34. The third-order valence-corrected chi connectivity index (χ3v) is 3.76. The largest absolute Gasteiger partial charge is 0.338 e. The van der Waals surface area contributed by atoms with Gasteiger partial charge in [-0.2, -0.15) is 10.1 Å². The second kappa shape index (κ2) is 9.09. The molecule has 2 N–H and O–H groups in total. The Morgan fingerprint density at radius 1 is 1.27 bits per heavy atom. The van der Waals surface area contributed by atoms with Crippen molar-refractivity contribution in [3.63, 3.8) is 0 Å². The zero-order chi connectivity index (χ0) is 13.8. The van der Waals surface area contributed by atoms with Crippen molar-refractivity contribution in [1.29, 1.82) is 0 Å². The number of nitrogens with zero attached hydrogens (tertiary/aromatic N) is 5. The molecule has 0 aliphatic carbocycles. The fourth-order valence-electron chi connectivity index (χ4n) is 2.64. The highest BCUT2D eigenvalue weighted by Crippen LogP contribution is 2.19. The molecule has 0 aromatic carbocycles. The van der Waals surface area contributed by atoms with Crippen LogP contribution in [0, 0.1) is 5.92 Å². The quantitative estimate of drug-likeness (QED) is 0.880. The first-order valence-corrected chi connectivity index (χ1v) is 7.05. The van der Waals surface area contributed by atoms with Crippen molar-refractivity contribution in [3.8, 4) is 0 Å². The number of hydrogen-bond donors (Lipinski definition) is 1. The second-order valence-electron chi connectivity index (χ2n) is 5.26. The third kappa shape index (κ3) is 4.95. The lowest BCUT2D eigenvalue weighted by Gasteiger charge is -2.30. The molecule has 124 valence electrons. The molecule has 1 saturated heterocycles. The predicted molar refractivity (Wildman–Crippen MR) is 86.9 cm³/mol. The van der Waals surface area contributed by atoms with Crippen LogP contribution < -0.4 is 5.73 Å². The van der Waals surface area contributed by atoms with Gasteiger partial charge in [0.1, 0.15) is 0 Å². The highest BCUT2D eigenvalue weighted by Gasteiger charge is 2.21. The van der Waals surface area contributed by atoms with E-state index in [9.17, 15) is 0 Å². The first-order chi connectivity index (χ1) is 9.83. The van der Waals surface area contributed by atoms with E-state index in [4.69, 9.17) is 10.3 Å². The summed E-state index contributed by atoms with van der Waals surface area (Å²) in [6, 6.07) is 1.97. The molecule has 0 bridgehead atoms. The number of hydrogen-bond acceptors (Lipinski definition) is 6. The van der Waals surface area contributed by atoms with Crippen LogP contribution in [0.4, 0.5) is 0 Å². The summed E-state index contributed by atoms with van der Waals surface area (Å²) in [6.07, 6.45) is 6.23. The van der Waals surface area contributed by atoms with Gasteiger partial charge in [-0.15, -0.1) is 24.8 Å². The van der Waals surface area contributed by atoms with Crippen LogP contribution in [-0.4, -0.2) is 37.9 Å². The fraction of sp³-hybridized carbons (Fsp3) is 0.615. The van der Waals surface area contributed by atoms with Crippen LogP contribution in [0.15, 0.2) is 23.0 Å². The van der Waals surface area contributed by atoms with Gasteiger partial charge in [0.15, 0.2) is 5.82 Å². The van der Waals surface area contributed by atoms with Gasteiger partial charge in [-0.3, -0.25) is 9.58 Å². The summed E-state index contributed by atoms with van der Waals surface area (Å²) in [5.74, 6) is 1.94. The minimum absolute atomic E-state index is 0. The van der Waals surface area contributed by atoms with Gasteiger partial charge in [0.2, 0.25) is 5.89 Å². The number of halogens is 2. The van der Waals surface area contributed by atoms with Gasteiger partial charge in [0, 0.05) is 18.9 Å². The predicted octanol–water partition coefficient (Wildman–Crippen LogP) is 1.48. The standard InChI is InChI=1S/C13H20N6O.2ClH/c14-8-13-16-12(17-20-13)10-18-6-2-11(3-7-18)9-19-5-1-4-15-19;;/h1,4-5,11H,2-3,6-10,14H2;2*1H. The Hall–Kier alpha value is -1.15. The normalized spacial score (nSPS) is 16.0. The second-order valence-corrected chi connectivity index (χ2v) is 5.26. The maximum atomic E-state index is 5.46.